The molecule has 0 aliphatic heterocycles. The molecular weight excluding hydrogens is 364 g/mol. The lowest BCUT2D eigenvalue weighted by molar-refractivity contribution is -0.390. The summed E-state index contributed by atoms with van der Waals surface area (Å²) in [5.41, 5.74) is 0. The molecule has 0 saturated heterocycles. The molecule has 1 heterocycles. The van der Waals surface area contributed by atoms with E-state index in [0.717, 1.165) is 0 Å². The first-order valence-corrected chi connectivity index (χ1v) is 4.32. The fourth-order valence-electron chi connectivity index (χ4n) is 0.419. The Morgan fingerprint density at radius 3 is 2.40 bits per heavy atom. The summed E-state index contributed by atoms with van der Waals surface area (Å²) in [6.45, 7) is 0. The lowest BCUT2D eigenvalue weighted by Gasteiger charge is -1.87. The molecule has 0 bridgehead atoms. The molecule has 0 aromatic carbocycles. The van der Waals surface area contributed by atoms with Crippen molar-refractivity contribution < 1.29 is 4.92 Å². The van der Waals surface area contributed by atoms with Crippen LogP contribution in [0, 0.1) is 17.4 Å². The lowest BCUT2D eigenvalue weighted by atomic mass is 10.7. The fourth-order valence-corrected chi connectivity index (χ4v) is 1.23. The molecular formula is C3HI2N3O2. The van der Waals surface area contributed by atoms with Gasteiger partial charge >= 0.3 is 5.82 Å². The van der Waals surface area contributed by atoms with Crippen LogP contribution in [0.25, 0.3) is 0 Å². The minimum Gasteiger partial charge on any atom is -0.358 e. The predicted octanol–water partition coefficient (Wildman–Crippen LogP) is 1.53. The number of nitrogens with zero attached hydrogens (tertiary/aromatic N) is 2. The van der Waals surface area contributed by atoms with Gasteiger partial charge in [-0.05, 0) is 50.1 Å². The summed E-state index contributed by atoms with van der Waals surface area (Å²) in [6.07, 6.45) is 0. The van der Waals surface area contributed by atoms with Crippen LogP contribution in [0.15, 0.2) is 0 Å². The van der Waals surface area contributed by atoms with Gasteiger partial charge in [-0.1, -0.05) is 5.10 Å². The van der Waals surface area contributed by atoms with Crippen LogP contribution in [-0.4, -0.2) is 15.1 Å². The number of nitrogens with one attached hydrogen (secondary N) is 1. The van der Waals surface area contributed by atoms with Gasteiger partial charge in [0.25, 0.3) is 0 Å². The number of nitro groups is 1. The largest absolute Gasteiger partial charge is 0.358 e. The second kappa shape index (κ2) is 2.98. The van der Waals surface area contributed by atoms with Gasteiger partial charge in [-0.25, -0.2) is 0 Å². The summed E-state index contributed by atoms with van der Waals surface area (Å²) in [5, 5.41) is 16.1. The Balaban J connectivity index is 3.17. The van der Waals surface area contributed by atoms with E-state index in [2.05, 4.69) is 10.2 Å². The third kappa shape index (κ3) is 1.38. The van der Waals surface area contributed by atoms with E-state index in [1.54, 1.807) is 0 Å². The molecule has 0 amide bonds. The molecule has 0 aliphatic rings. The minimum absolute atomic E-state index is 0.0370. The molecule has 0 aliphatic carbocycles. The molecule has 0 radical (unpaired) electrons. The number of rotatable bonds is 1. The Kier molecular flexibility index (Phi) is 2.44. The average molecular weight is 365 g/mol. The molecule has 0 fully saturated rings. The Morgan fingerprint density at radius 1 is 1.60 bits per heavy atom. The summed E-state index contributed by atoms with van der Waals surface area (Å²) >= 11 is 3.80. The van der Waals surface area contributed by atoms with Crippen molar-refractivity contribution in [3.8, 4) is 0 Å². The zero-order valence-corrected chi connectivity index (χ0v) is 8.78. The predicted molar refractivity (Wildman–Crippen MR) is 50.7 cm³/mol. The van der Waals surface area contributed by atoms with Gasteiger partial charge in [0.15, 0.2) is 3.70 Å². The molecule has 1 aromatic heterocycles. The van der Waals surface area contributed by atoms with Gasteiger partial charge in [0.1, 0.15) is 3.57 Å². The molecule has 0 spiro atoms. The number of hydrogen-bond donors (Lipinski definition) is 1. The van der Waals surface area contributed by atoms with E-state index in [1.807, 2.05) is 45.2 Å². The van der Waals surface area contributed by atoms with Crippen LogP contribution in [0.3, 0.4) is 0 Å². The maximum atomic E-state index is 10.2. The van der Waals surface area contributed by atoms with Gasteiger partial charge in [0, 0.05) is 0 Å². The van der Waals surface area contributed by atoms with Crippen LogP contribution in [-0.2, 0) is 0 Å². The highest BCUT2D eigenvalue weighted by atomic mass is 127. The summed E-state index contributed by atoms with van der Waals surface area (Å²) in [4.78, 5) is 9.67. The maximum absolute atomic E-state index is 10.2. The van der Waals surface area contributed by atoms with E-state index in [0.29, 0.717) is 7.27 Å². The first-order valence-electron chi connectivity index (χ1n) is 2.16. The highest BCUT2D eigenvalue weighted by molar-refractivity contribution is 14.1. The van der Waals surface area contributed by atoms with E-state index >= 15 is 0 Å². The van der Waals surface area contributed by atoms with Gasteiger partial charge in [0.2, 0.25) is 0 Å². The number of aromatic amines is 1. The van der Waals surface area contributed by atoms with Crippen molar-refractivity contribution in [3.63, 3.8) is 0 Å². The quantitative estimate of drug-likeness (QED) is 0.466. The Bertz CT molecular complexity index is 271. The van der Waals surface area contributed by atoms with Crippen molar-refractivity contribution >= 4 is 51.0 Å². The van der Waals surface area contributed by atoms with Crippen LogP contribution in [0.1, 0.15) is 0 Å². The van der Waals surface area contributed by atoms with Crippen molar-refractivity contribution in [1.29, 1.82) is 0 Å². The second-order valence-electron chi connectivity index (χ2n) is 1.43. The highest BCUT2D eigenvalue weighted by Gasteiger charge is 2.16. The molecule has 0 atom stereocenters. The van der Waals surface area contributed by atoms with Gasteiger partial charge in [0.05, 0.1) is 0 Å². The van der Waals surface area contributed by atoms with Crippen LogP contribution in [0.2, 0.25) is 0 Å². The van der Waals surface area contributed by atoms with E-state index in [1.165, 1.54) is 0 Å². The molecule has 7 heteroatoms. The van der Waals surface area contributed by atoms with E-state index in [9.17, 15) is 10.1 Å². The van der Waals surface area contributed by atoms with E-state index in [-0.39, 0.29) is 5.82 Å². The van der Waals surface area contributed by atoms with Crippen LogP contribution in [0.5, 0.6) is 0 Å². The summed E-state index contributed by atoms with van der Waals surface area (Å²) in [7, 11) is 0. The lowest BCUT2D eigenvalue weighted by Crippen LogP contribution is -1.89. The standard InChI is InChI=1S/C3HI2N3O2/c4-1-2(5)6-7-3(1)8(9)10/h(H,6,7). The molecule has 1 N–H and O–H groups in total. The summed E-state index contributed by atoms with van der Waals surface area (Å²) < 4.78 is 1.19. The number of hydrogen-bond acceptors (Lipinski definition) is 3. The van der Waals surface area contributed by atoms with Crippen molar-refractivity contribution in [3.05, 3.63) is 17.4 Å². The third-order valence-corrected chi connectivity index (χ3v) is 3.67. The number of halogens is 2. The first-order chi connectivity index (χ1) is 4.63. The second-order valence-corrected chi connectivity index (χ2v) is 3.53. The normalized spacial score (nSPS) is 9.80. The smallest absolute Gasteiger partial charge is 0.357 e. The van der Waals surface area contributed by atoms with E-state index < -0.39 is 4.92 Å². The van der Waals surface area contributed by atoms with Gasteiger partial charge in [-0.3, -0.25) is 0 Å². The third-order valence-electron chi connectivity index (χ3n) is 0.832. The van der Waals surface area contributed by atoms with Crippen LogP contribution >= 0.6 is 45.2 Å². The Labute approximate surface area is 83.0 Å². The van der Waals surface area contributed by atoms with Crippen molar-refractivity contribution in [2.75, 3.05) is 0 Å². The van der Waals surface area contributed by atoms with Crippen LogP contribution in [0.4, 0.5) is 5.82 Å². The molecule has 0 saturated carbocycles. The van der Waals surface area contributed by atoms with Crippen LogP contribution < -0.4 is 0 Å². The SMILES string of the molecule is O=[N+]([O-])c1[nH]nc(I)c1I. The maximum Gasteiger partial charge on any atom is 0.357 e. The summed E-state index contributed by atoms with van der Waals surface area (Å²) in [5.74, 6) is -0.0370. The molecule has 1 rings (SSSR count). The monoisotopic (exact) mass is 365 g/mol. The zero-order chi connectivity index (χ0) is 7.72. The zero-order valence-electron chi connectivity index (χ0n) is 4.47. The molecule has 54 valence electrons. The van der Waals surface area contributed by atoms with Gasteiger partial charge in [-0.2, -0.15) is 0 Å². The molecule has 0 unspecified atom stereocenters. The molecule has 1 aromatic rings. The summed E-state index contributed by atoms with van der Waals surface area (Å²) in [6, 6.07) is 0. The highest BCUT2D eigenvalue weighted by Crippen LogP contribution is 2.21. The van der Waals surface area contributed by atoms with E-state index in [4.69, 9.17) is 0 Å². The number of H-pyrrole nitrogens is 1. The van der Waals surface area contributed by atoms with Crippen molar-refractivity contribution in [1.82, 2.24) is 10.2 Å². The number of aromatic nitrogens is 2. The van der Waals surface area contributed by atoms with Gasteiger partial charge in [-0.15, -0.1) is 5.10 Å². The fraction of sp³-hybridized carbons (Fsp3) is 0. The minimum atomic E-state index is -0.489. The molecule has 5 nitrogen and oxygen atoms in total. The van der Waals surface area contributed by atoms with Crippen molar-refractivity contribution in [2.24, 2.45) is 0 Å². The van der Waals surface area contributed by atoms with Crippen molar-refractivity contribution in [2.45, 2.75) is 0 Å². The molecule has 10 heavy (non-hydrogen) atoms. The average Bonchev–Trinajstić information content (AvgIpc) is 2.14. The Morgan fingerprint density at radius 2 is 2.20 bits per heavy atom. The Hall–Kier alpha value is 0.0700. The topological polar surface area (TPSA) is 71.8 Å². The first kappa shape index (κ1) is 8.17. The van der Waals surface area contributed by atoms with Gasteiger partial charge < -0.3 is 10.1 Å².